The van der Waals surface area contributed by atoms with Gasteiger partial charge >= 0.3 is 6.18 Å². The van der Waals surface area contributed by atoms with Crippen LogP contribution < -0.4 is 4.74 Å². The largest absolute Gasteiger partial charge is 0.493 e. The molecule has 2 saturated heterocycles. The molecule has 0 atom stereocenters. The lowest BCUT2D eigenvalue weighted by atomic mass is 9.75. The van der Waals surface area contributed by atoms with E-state index in [1.165, 1.54) is 12.1 Å². The number of carbonyl (C=O) groups excluding carboxylic acids is 2. The fraction of sp³-hybridized carbons (Fsp3) is 0.481. The number of rotatable bonds is 6. The zero-order valence-corrected chi connectivity index (χ0v) is 21.5. The van der Waals surface area contributed by atoms with Crippen LogP contribution >= 0.6 is 11.6 Å². The maximum Gasteiger partial charge on any atom is 0.416 e. The monoisotopic (exact) mass is 537 g/mol. The Hall–Kier alpha value is -2.78. The minimum Gasteiger partial charge on any atom is -0.493 e. The molecule has 0 spiro atoms. The second-order valence-electron chi connectivity index (χ2n) is 9.97. The predicted octanol–water partition coefficient (Wildman–Crippen LogP) is 4.82. The smallest absolute Gasteiger partial charge is 0.416 e. The lowest BCUT2D eigenvalue weighted by molar-refractivity contribution is -0.138. The highest BCUT2D eigenvalue weighted by molar-refractivity contribution is 6.30. The number of nitrogens with zero attached hydrogens (tertiary/aromatic N) is 3. The second-order valence-corrected chi connectivity index (χ2v) is 10.4. The first-order valence-corrected chi connectivity index (χ1v) is 12.7. The molecule has 2 aromatic rings. The van der Waals surface area contributed by atoms with Gasteiger partial charge in [0.1, 0.15) is 5.75 Å². The van der Waals surface area contributed by atoms with E-state index in [0.29, 0.717) is 56.4 Å². The van der Waals surface area contributed by atoms with Crippen molar-refractivity contribution in [3.63, 3.8) is 0 Å². The second kappa shape index (κ2) is 11.3. The van der Waals surface area contributed by atoms with Gasteiger partial charge in [0, 0.05) is 61.7 Å². The maximum absolute atomic E-state index is 13.2. The number of piperazine rings is 1. The van der Waals surface area contributed by atoms with Crippen molar-refractivity contribution in [3.05, 3.63) is 64.7 Å². The number of alkyl halides is 3. The fourth-order valence-corrected chi connectivity index (χ4v) is 4.95. The van der Waals surface area contributed by atoms with E-state index in [-0.39, 0.29) is 17.9 Å². The highest BCUT2D eigenvalue weighted by Gasteiger charge is 2.40. The Morgan fingerprint density at radius 2 is 1.59 bits per heavy atom. The third kappa shape index (κ3) is 6.96. The molecule has 10 heteroatoms. The number of likely N-dealkylation sites (tertiary alicyclic amines) is 1. The summed E-state index contributed by atoms with van der Waals surface area (Å²) in [5, 5.41) is 0.591. The van der Waals surface area contributed by atoms with Crippen LogP contribution in [0.3, 0.4) is 0 Å². The van der Waals surface area contributed by atoms with Gasteiger partial charge in [-0.1, -0.05) is 17.7 Å². The zero-order valence-electron chi connectivity index (χ0n) is 20.8. The third-order valence-electron chi connectivity index (χ3n) is 7.29. The van der Waals surface area contributed by atoms with Crippen LogP contribution in [0.1, 0.15) is 35.2 Å². The molecule has 2 aromatic carbocycles. The van der Waals surface area contributed by atoms with Gasteiger partial charge in [-0.3, -0.25) is 9.59 Å². The van der Waals surface area contributed by atoms with Crippen LogP contribution in [-0.4, -0.2) is 79.4 Å². The van der Waals surface area contributed by atoms with Crippen LogP contribution in [0.25, 0.3) is 0 Å². The summed E-state index contributed by atoms with van der Waals surface area (Å²) in [4.78, 5) is 31.9. The summed E-state index contributed by atoms with van der Waals surface area (Å²) in [6.45, 7) is 3.93. The maximum atomic E-state index is 13.2. The lowest BCUT2D eigenvalue weighted by Gasteiger charge is -2.42. The Kier molecular flexibility index (Phi) is 8.33. The Morgan fingerprint density at radius 3 is 2.22 bits per heavy atom. The number of ether oxygens (including phenoxy) is 1. The first-order chi connectivity index (χ1) is 17.5. The molecule has 2 amide bonds. The molecule has 37 heavy (non-hydrogen) atoms. The average molecular weight is 538 g/mol. The summed E-state index contributed by atoms with van der Waals surface area (Å²) in [5.74, 6) is 0.257. The average Bonchev–Trinajstić information content (AvgIpc) is 2.88. The van der Waals surface area contributed by atoms with Crippen molar-refractivity contribution in [2.45, 2.75) is 25.4 Å². The molecule has 0 unspecified atom stereocenters. The molecule has 2 aliphatic heterocycles. The van der Waals surface area contributed by atoms with Gasteiger partial charge in [0.05, 0.1) is 12.2 Å². The van der Waals surface area contributed by atoms with Crippen LogP contribution in [0.15, 0.2) is 48.5 Å². The number of likely N-dealkylation sites (N-methyl/N-ethyl adjacent to an activating group) is 1. The van der Waals surface area contributed by atoms with Gasteiger partial charge in [-0.2, -0.15) is 13.2 Å². The van der Waals surface area contributed by atoms with E-state index >= 15 is 0 Å². The minimum atomic E-state index is -4.52. The van der Waals surface area contributed by atoms with Gasteiger partial charge in [-0.25, -0.2) is 0 Å². The summed E-state index contributed by atoms with van der Waals surface area (Å²) in [6.07, 6.45) is -3.22. The van der Waals surface area contributed by atoms with Crippen LogP contribution in [0.5, 0.6) is 5.75 Å². The van der Waals surface area contributed by atoms with E-state index in [1.807, 2.05) is 11.9 Å². The van der Waals surface area contributed by atoms with E-state index < -0.39 is 23.1 Å². The van der Waals surface area contributed by atoms with Crippen LogP contribution in [0.2, 0.25) is 5.02 Å². The lowest BCUT2D eigenvalue weighted by Crippen LogP contribution is -2.51. The summed E-state index contributed by atoms with van der Waals surface area (Å²) in [6, 6.07) is 11.5. The number of hydrogen-bond acceptors (Lipinski definition) is 4. The molecule has 0 aliphatic carbocycles. The normalized spacial score (nSPS) is 18.5. The Bertz CT molecular complexity index is 1090. The first kappa shape index (κ1) is 27.3. The van der Waals surface area contributed by atoms with Crippen molar-refractivity contribution in [2.75, 3.05) is 52.9 Å². The van der Waals surface area contributed by atoms with Crippen LogP contribution in [0, 0.1) is 5.41 Å². The van der Waals surface area contributed by atoms with Crippen molar-refractivity contribution >= 4 is 23.4 Å². The van der Waals surface area contributed by atoms with Gasteiger partial charge in [0.2, 0.25) is 5.91 Å². The number of benzene rings is 2. The fourth-order valence-electron chi connectivity index (χ4n) is 4.82. The van der Waals surface area contributed by atoms with Gasteiger partial charge in [-0.15, -0.1) is 0 Å². The molecule has 0 saturated carbocycles. The minimum absolute atomic E-state index is 0.00764. The highest BCUT2D eigenvalue weighted by Crippen LogP contribution is 2.38. The molecule has 4 rings (SSSR count). The Morgan fingerprint density at radius 1 is 0.946 bits per heavy atom. The van der Waals surface area contributed by atoms with E-state index in [1.54, 1.807) is 29.2 Å². The molecule has 0 bridgehead atoms. The summed E-state index contributed by atoms with van der Waals surface area (Å²) >= 11 is 5.97. The van der Waals surface area contributed by atoms with Gasteiger partial charge in [0.15, 0.2) is 0 Å². The summed E-state index contributed by atoms with van der Waals surface area (Å²) < 4.78 is 45.5. The van der Waals surface area contributed by atoms with Crippen LogP contribution in [0.4, 0.5) is 13.2 Å². The van der Waals surface area contributed by atoms with Crippen molar-refractivity contribution in [3.8, 4) is 5.75 Å². The number of piperidine rings is 1. The van der Waals surface area contributed by atoms with Gasteiger partial charge < -0.3 is 19.4 Å². The number of hydrogen-bond donors (Lipinski definition) is 0. The number of halogens is 4. The molecular formula is C27H31ClF3N3O3. The molecule has 0 aromatic heterocycles. The summed E-state index contributed by atoms with van der Waals surface area (Å²) in [7, 11) is 2.03. The molecule has 2 aliphatic rings. The zero-order chi connectivity index (χ0) is 26.6. The van der Waals surface area contributed by atoms with E-state index in [4.69, 9.17) is 16.3 Å². The molecule has 0 radical (unpaired) electrons. The third-order valence-corrected chi connectivity index (χ3v) is 7.54. The molecular weight excluding hydrogens is 507 g/mol. The summed E-state index contributed by atoms with van der Waals surface area (Å²) in [5.41, 5.74) is -1.34. The van der Waals surface area contributed by atoms with Gasteiger partial charge in [0.25, 0.3) is 5.91 Å². The van der Waals surface area contributed by atoms with Crippen molar-refractivity contribution in [1.82, 2.24) is 14.7 Å². The Labute approximate surface area is 219 Å². The van der Waals surface area contributed by atoms with E-state index in [9.17, 15) is 22.8 Å². The molecule has 200 valence electrons. The number of carbonyl (C=O) groups is 2. The molecule has 0 N–H and O–H groups in total. The Balaban J connectivity index is 1.46. The van der Waals surface area contributed by atoms with Crippen molar-refractivity contribution < 1.29 is 27.5 Å². The van der Waals surface area contributed by atoms with Crippen LogP contribution in [-0.2, 0) is 11.0 Å². The van der Waals surface area contributed by atoms with E-state index in [2.05, 4.69) is 4.90 Å². The predicted molar refractivity (Wildman–Crippen MR) is 135 cm³/mol. The van der Waals surface area contributed by atoms with Gasteiger partial charge in [-0.05, 0) is 62.4 Å². The quantitative estimate of drug-likeness (QED) is 0.530. The topological polar surface area (TPSA) is 53.1 Å². The molecule has 2 fully saturated rings. The highest BCUT2D eigenvalue weighted by atomic mass is 35.5. The van der Waals surface area contributed by atoms with E-state index in [0.717, 1.165) is 25.2 Å². The first-order valence-electron chi connectivity index (χ1n) is 12.4. The number of amides is 2. The van der Waals surface area contributed by atoms with Crippen molar-refractivity contribution in [1.29, 1.82) is 0 Å². The standard InChI is InChI=1S/C27H31ClF3N3O3/c1-32-13-15-33(16-14-32)24(35)18-26(19-37-23-7-5-22(28)6-8-23)9-11-34(12-10-26)25(36)20-3-2-4-21(17-20)27(29,30)31/h2-8,17H,9-16,18-19H2,1H3. The molecule has 2 heterocycles. The van der Waals surface area contributed by atoms with Crippen molar-refractivity contribution in [2.24, 2.45) is 5.41 Å². The SMILES string of the molecule is CN1CCN(C(=O)CC2(COc3ccc(Cl)cc3)CCN(C(=O)c3cccc(C(F)(F)F)c3)CC2)CC1. The molecule has 6 nitrogen and oxygen atoms in total.